The van der Waals surface area contributed by atoms with Gasteiger partial charge in [0.1, 0.15) is 5.75 Å². The molecule has 0 radical (unpaired) electrons. The first kappa shape index (κ1) is 19.5. The van der Waals surface area contributed by atoms with Crippen molar-refractivity contribution in [3.05, 3.63) is 24.3 Å². The van der Waals surface area contributed by atoms with Gasteiger partial charge in [-0.25, -0.2) is 0 Å². The number of hydrogen-bond acceptors (Lipinski definition) is 5. The van der Waals surface area contributed by atoms with Crippen LogP contribution in [-0.4, -0.2) is 92.0 Å². The van der Waals surface area contributed by atoms with Gasteiger partial charge in [0.2, 0.25) is 11.8 Å². The number of anilines is 1. The van der Waals surface area contributed by atoms with Crippen LogP contribution in [0.4, 0.5) is 5.69 Å². The van der Waals surface area contributed by atoms with Gasteiger partial charge in [0.15, 0.2) is 0 Å². The predicted molar refractivity (Wildman–Crippen MR) is 105 cm³/mol. The Morgan fingerprint density at radius 3 is 2.19 bits per heavy atom. The molecule has 148 valence electrons. The molecule has 7 nitrogen and oxygen atoms in total. The van der Waals surface area contributed by atoms with Crippen LogP contribution in [0.5, 0.6) is 5.75 Å². The van der Waals surface area contributed by atoms with Crippen molar-refractivity contribution >= 4 is 17.5 Å². The first-order chi connectivity index (χ1) is 13.0. The molecule has 27 heavy (non-hydrogen) atoms. The lowest BCUT2D eigenvalue weighted by atomic mass is 10.1. The summed E-state index contributed by atoms with van der Waals surface area (Å²) in [5.41, 5.74) is 1.16. The van der Waals surface area contributed by atoms with Crippen LogP contribution in [-0.2, 0) is 9.59 Å². The second-order valence-corrected chi connectivity index (χ2v) is 7.23. The first-order valence-electron chi connectivity index (χ1n) is 9.67. The quantitative estimate of drug-likeness (QED) is 0.784. The minimum absolute atomic E-state index is 0.0869. The lowest BCUT2D eigenvalue weighted by molar-refractivity contribution is -0.142. The highest BCUT2D eigenvalue weighted by Crippen LogP contribution is 2.22. The molecule has 0 aliphatic carbocycles. The number of benzene rings is 1. The monoisotopic (exact) mass is 374 g/mol. The summed E-state index contributed by atoms with van der Waals surface area (Å²) < 4.78 is 5.31. The van der Waals surface area contributed by atoms with Crippen LogP contribution in [0, 0.1) is 0 Å². The van der Waals surface area contributed by atoms with Crippen molar-refractivity contribution in [2.75, 3.05) is 64.4 Å². The second-order valence-electron chi connectivity index (χ2n) is 7.23. The number of hydrogen-bond donors (Lipinski definition) is 0. The third-order valence-corrected chi connectivity index (χ3v) is 5.67. The predicted octanol–water partition coefficient (Wildman–Crippen LogP) is 0.896. The van der Waals surface area contributed by atoms with Crippen molar-refractivity contribution in [1.82, 2.24) is 14.7 Å². The number of rotatable bonds is 4. The molecule has 1 unspecified atom stereocenters. The van der Waals surface area contributed by atoms with E-state index < -0.39 is 0 Å². The van der Waals surface area contributed by atoms with Crippen LogP contribution in [0.3, 0.4) is 0 Å². The molecular formula is C20H30N4O3. The van der Waals surface area contributed by atoms with Gasteiger partial charge in [0, 0.05) is 71.0 Å². The van der Waals surface area contributed by atoms with Gasteiger partial charge in [-0.3, -0.25) is 14.5 Å². The summed E-state index contributed by atoms with van der Waals surface area (Å²) in [5, 5.41) is 0. The molecule has 2 aliphatic rings. The lowest BCUT2D eigenvalue weighted by Crippen LogP contribution is -2.57. The molecule has 1 aromatic rings. The van der Waals surface area contributed by atoms with Gasteiger partial charge in [-0.1, -0.05) is 6.07 Å². The zero-order chi connectivity index (χ0) is 19.4. The van der Waals surface area contributed by atoms with Crippen molar-refractivity contribution in [2.45, 2.75) is 19.9 Å². The number of piperazine rings is 2. The maximum absolute atomic E-state index is 12.9. The molecule has 7 heteroatoms. The van der Waals surface area contributed by atoms with Gasteiger partial charge in [-0.15, -0.1) is 0 Å². The van der Waals surface area contributed by atoms with Gasteiger partial charge in [0.05, 0.1) is 13.2 Å². The van der Waals surface area contributed by atoms with E-state index in [4.69, 9.17) is 4.74 Å². The smallest absolute Gasteiger partial charge is 0.239 e. The molecule has 0 bridgehead atoms. The van der Waals surface area contributed by atoms with E-state index in [2.05, 4.69) is 21.9 Å². The molecule has 2 aliphatic heterocycles. The van der Waals surface area contributed by atoms with E-state index in [9.17, 15) is 9.59 Å². The first-order valence-corrected chi connectivity index (χ1v) is 9.67. The Hall–Kier alpha value is -2.28. The van der Waals surface area contributed by atoms with E-state index in [1.807, 2.05) is 24.0 Å². The fourth-order valence-electron chi connectivity index (χ4n) is 3.84. The summed E-state index contributed by atoms with van der Waals surface area (Å²) in [4.78, 5) is 32.6. The van der Waals surface area contributed by atoms with E-state index >= 15 is 0 Å². The fraction of sp³-hybridized carbons (Fsp3) is 0.600. The highest BCUT2D eigenvalue weighted by Gasteiger charge is 2.30. The van der Waals surface area contributed by atoms with Crippen LogP contribution in [0.15, 0.2) is 24.3 Å². The van der Waals surface area contributed by atoms with Crippen molar-refractivity contribution < 1.29 is 14.3 Å². The van der Waals surface area contributed by atoms with Crippen LogP contribution in [0.1, 0.15) is 13.8 Å². The average Bonchev–Trinajstić information content (AvgIpc) is 2.73. The van der Waals surface area contributed by atoms with Crippen molar-refractivity contribution in [3.8, 4) is 5.75 Å². The third kappa shape index (κ3) is 4.53. The molecule has 2 heterocycles. The topological polar surface area (TPSA) is 56.3 Å². The van der Waals surface area contributed by atoms with E-state index in [1.165, 1.54) is 0 Å². The highest BCUT2D eigenvalue weighted by molar-refractivity contribution is 5.82. The Balaban J connectivity index is 1.51. The summed E-state index contributed by atoms with van der Waals surface area (Å²) in [7, 11) is 1.68. The van der Waals surface area contributed by atoms with Gasteiger partial charge < -0.3 is 19.4 Å². The van der Waals surface area contributed by atoms with Crippen LogP contribution in [0.2, 0.25) is 0 Å². The van der Waals surface area contributed by atoms with Crippen LogP contribution >= 0.6 is 0 Å². The third-order valence-electron chi connectivity index (χ3n) is 5.67. The average molecular weight is 374 g/mol. The largest absolute Gasteiger partial charge is 0.497 e. The standard InChI is InChI=1S/C20H30N4O3/c1-16(20(26)24-13-9-22(10-14-24)17(2)25)21-7-11-23(12-8-21)18-5-4-6-19(15-18)27-3/h4-6,15-16H,7-14H2,1-3H3. The second kappa shape index (κ2) is 8.61. The van der Waals surface area contributed by atoms with Crippen molar-refractivity contribution in [2.24, 2.45) is 0 Å². The van der Waals surface area contributed by atoms with E-state index in [-0.39, 0.29) is 17.9 Å². The zero-order valence-electron chi connectivity index (χ0n) is 16.6. The van der Waals surface area contributed by atoms with E-state index in [0.717, 1.165) is 37.6 Å². The summed E-state index contributed by atoms with van der Waals surface area (Å²) in [6.45, 7) is 9.62. The van der Waals surface area contributed by atoms with E-state index in [0.29, 0.717) is 26.2 Å². The molecule has 0 aromatic heterocycles. The SMILES string of the molecule is COc1cccc(N2CCN(C(C)C(=O)N3CCN(C(C)=O)CC3)CC2)c1. The number of amides is 2. The number of carbonyl (C=O) groups excluding carboxylic acids is 2. The number of ether oxygens (including phenoxy) is 1. The Morgan fingerprint density at radius 2 is 1.59 bits per heavy atom. The Labute approximate surface area is 161 Å². The van der Waals surface area contributed by atoms with Gasteiger partial charge in [-0.05, 0) is 19.1 Å². The van der Waals surface area contributed by atoms with Crippen LogP contribution in [0.25, 0.3) is 0 Å². The molecule has 2 saturated heterocycles. The molecular weight excluding hydrogens is 344 g/mol. The molecule has 2 amide bonds. The molecule has 0 spiro atoms. The summed E-state index contributed by atoms with van der Waals surface area (Å²) in [6, 6.07) is 7.99. The molecule has 2 fully saturated rings. The molecule has 0 saturated carbocycles. The Morgan fingerprint density at radius 1 is 0.963 bits per heavy atom. The number of nitrogens with zero attached hydrogens (tertiary/aromatic N) is 4. The van der Waals surface area contributed by atoms with Crippen LogP contribution < -0.4 is 9.64 Å². The summed E-state index contributed by atoms with van der Waals surface area (Å²) >= 11 is 0. The Kier molecular flexibility index (Phi) is 6.21. The van der Waals surface area contributed by atoms with Crippen molar-refractivity contribution in [3.63, 3.8) is 0 Å². The molecule has 0 N–H and O–H groups in total. The number of carbonyl (C=O) groups is 2. The maximum atomic E-state index is 12.9. The Bertz CT molecular complexity index is 665. The summed E-state index contributed by atoms with van der Waals surface area (Å²) in [6.07, 6.45) is 0. The summed E-state index contributed by atoms with van der Waals surface area (Å²) in [5.74, 6) is 1.13. The van der Waals surface area contributed by atoms with Crippen molar-refractivity contribution in [1.29, 1.82) is 0 Å². The molecule has 3 rings (SSSR count). The van der Waals surface area contributed by atoms with Gasteiger partial charge >= 0.3 is 0 Å². The minimum atomic E-state index is -0.124. The van der Waals surface area contributed by atoms with E-state index in [1.54, 1.807) is 18.9 Å². The normalized spacial score (nSPS) is 19.7. The minimum Gasteiger partial charge on any atom is -0.497 e. The highest BCUT2D eigenvalue weighted by atomic mass is 16.5. The van der Waals surface area contributed by atoms with Gasteiger partial charge in [0.25, 0.3) is 0 Å². The lowest BCUT2D eigenvalue weighted by Gasteiger charge is -2.41. The molecule has 1 aromatic carbocycles. The molecule has 1 atom stereocenters. The number of methoxy groups -OCH3 is 1. The fourth-order valence-corrected chi connectivity index (χ4v) is 3.84. The zero-order valence-corrected chi connectivity index (χ0v) is 16.6. The van der Waals surface area contributed by atoms with Gasteiger partial charge in [-0.2, -0.15) is 0 Å². The maximum Gasteiger partial charge on any atom is 0.239 e.